The Kier molecular flexibility index (Phi) is 2.30. The molecule has 1 aromatic rings. The van der Waals surface area contributed by atoms with Crippen LogP contribution in [0.5, 0.6) is 0 Å². The molecule has 5 nitrogen and oxygen atoms in total. The van der Waals surface area contributed by atoms with Gasteiger partial charge < -0.3 is 5.73 Å². The topological polar surface area (TPSA) is 85.1 Å². The van der Waals surface area contributed by atoms with Crippen molar-refractivity contribution < 1.29 is 8.42 Å². The molecule has 2 rings (SSSR count). The average Bonchev–Trinajstić information content (AvgIpc) is 2.93. The summed E-state index contributed by atoms with van der Waals surface area (Å²) in [5.74, 6) is 0.341. The van der Waals surface area contributed by atoms with Gasteiger partial charge in [-0.15, -0.1) is 0 Å². The van der Waals surface area contributed by atoms with E-state index in [4.69, 9.17) is 5.73 Å². The van der Waals surface area contributed by atoms with Gasteiger partial charge in [0.1, 0.15) is 5.82 Å². The van der Waals surface area contributed by atoms with Crippen LogP contribution in [-0.4, -0.2) is 18.7 Å². The summed E-state index contributed by atoms with van der Waals surface area (Å²) in [5, 5.41) is -0.239. The van der Waals surface area contributed by atoms with Gasteiger partial charge in [-0.25, -0.2) is 13.4 Å². The van der Waals surface area contributed by atoms with Crippen molar-refractivity contribution in [3.63, 3.8) is 0 Å². The number of nitrogens with zero attached hydrogens (tertiary/aromatic N) is 1. The molecule has 1 aromatic heterocycles. The van der Waals surface area contributed by atoms with Gasteiger partial charge in [0, 0.05) is 0 Å². The van der Waals surface area contributed by atoms with E-state index in [9.17, 15) is 8.42 Å². The minimum absolute atomic E-state index is 0.239. The first kappa shape index (κ1) is 10.2. The third-order valence-electron chi connectivity index (χ3n) is 2.36. The molecule has 0 radical (unpaired) electrons. The Balaban J connectivity index is 2.21. The molecule has 6 heteroatoms. The van der Waals surface area contributed by atoms with Crippen molar-refractivity contribution in [1.29, 1.82) is 0 Å². The van der Waals surface area contributed by atoms with Crippen LogP contribution in [0.1, 0.15) is 18.4 Å². The Morgan fingerprint density at radius 2 is 2.20 bits per heavy atom. The third kappa shape index (κ3) is 2.20. The lowest BCUT2D eigenvalue weighted by Crippen LogP contribution is -2.18. The fourth-order valence-corrected chi connectivity index (χ4v) is 2.56. The summed E-state index contributed by atoms with van der Waals surface area (Å²) in [6.07, 6.45) is 2.94. The Bertz CT molecular complexity index is 480. The predicted molar refractivity (Wildman–Crippen MR) is 59.0 cm³/mol. The van der Waals surface area contributed by atoms with Crippen LogP contribution in [0.2, 0.25) is 0 Å². The van der Waals surface area contributed by atoms with Crippen LogP contribution in [0.25, 0.3) is 0 Å². The van der Waals surface area contributed by atoms with Gasteiger partial charge in [-0.2, -0.15) is 0 Å². The smallest absolute Gasteiger partial charge is 0.236 e. The van der Waals surface area contributed by atoms with Crippen molar-refractivity contribution in [2.45, 2.75) is 25.0 Å². The number of nitrogens with one attached hydrogen (secondary N) is 1. The predicted octanol–water partition coefficient (Wildman–Crippen LogP) is 0.876. The summed E-state index contributed by atoms with van der Waals surface area (Å²) in [6.45, 7) is 1.81. The lowest BCUT2D eigenvalue weighted by molar-refractivity contribution is 0.600. The van der Waals surface area contributed by atoms with Crippen molar-refractivity contribution in [3.05, 3.63) is 17.8 Å². The number of anilines is 2. The molecule has 15 heavy (non-hydrogen) atoms. The fourth-order valence-electron chi connectivity index (χ4n) is 1.23. The number of aromatic nitrogens is 1. The molecule has 1 saturated carbocycles. The van der Waals surface area contributed by atoms with Crippen molar-refractivity contribution in [3.8, 4) is 0 Å². The number of sulfonamides is 1. The number of rotatable bonds is 3. The van der Waals surface area contributed by atoms with E-state index in [0.29, 0.717) is 11.5 Å². The van der Waals surface area contributed by atoms with E-state index in [1.807, 2.05) is 6.92 Å². The number of pyridine rings is 1. The first-order valence-corrected chi connectivity index (χ1v) is 6.27. The van der Waals surface area contributed by atoms with Gasteiger partial charge in [-0.3, -0.25) is 4.72 Å². The van der Waals surface area contributed by atoms with Crippen LogP contribution in [0.15, 0.2) is 12.3 Å². The van der Waals surface area contributed by atoms with Crippen molar-refractivity contribution in [1.82, 2.24) is 4.98 Å². The minimum atomic E-state index is -3.22. The zero-order chi connectivity index (χ0) is 11.1. The highest BCUT2D eigenvalue weighted by molar-refractivity contribution is 7.93. The Morgan fingerprint density at radius 3 is 2.73 bits per heavy atom. The second-order valence-corrected chi connectivity index (χ2v) is 5.73. The quantitative estimate of drug-likeness (QED) is 0.802. The highest BCUT2D eigenvalue weighted by atomic mass is 32.2. The molecular formula is C9H13N3O2S. The number of hydrogen-bond donors (Lipinski definition) is 2. The summed E-state index contributed by atoms with van der Waals surface area (Å²) >= 11 is 0. The van der Waals surface area contributed by atoms with Crippen molar-refractivity contribution in [2.75, 3.05) is 10.5 Å². The molecule has 1 fully saturated rings. The summed E-state index contributed by atoms with van der Waals surface area (Å²) in [7, 11) is -3.22. The maximum atomic E-state index is 11.6. The minimum Gasteiger partial charge on any atom is -0.397 e. The molecule has 1 aliphatic carbocycles. The zero-order valence-corrected chi connectivity index (χ0v) is 9.21. The van der Waals surface area contributed by atoms with Crippen molar-refractivity contribution in [2.24, 2.45) is 0 Å². The molecule has 0 bridgehead atoms. The van der Waals surface area contributed by atoms with Crippen LogP contribution < -0.4 is 10.5 Å². The van der Waals surface area contributed by atoms with Gasteiger partial charge in [0.05, 0.1) is 17.1 Å². The second kappa shape index (κ2) is 3.37. The Morgan fingerprint density at radius 1 is 1.53 bits per heavy atom. The van der Waals surface area contributed by atoms with E-state index in [1.165, 1.54) is 6.20 Å². The molecule has 0 amide bonds. The monoisotopic (exact) mass is 227 g/mol. The molecular weight excluding hydrogens is 214 g/mol. The molecule has 3 N–H and O–H groups in total. The summed E-state index contributed by atoms with van der Waals surface area (Å²) in [5.41, 5.74) is 6.96. The van der Waals surface area contributed by atoms with Crippen LogP contribution in [0.3, 0.4) is 0 Å². The summed E-state index contributed by atoms with van der Waals surface area (Å²) in [4.78, 5) is 3.92. The van der Waals surface area contributed by atoms with E-state index in [-0.39, 0.29) is 5.25 Å². The molecule has 82 valence electrons. The van der Waals surface area contributed by atoms with Gasteiger partial charge in [-0.1, -0.05) is 0 Å². The second-order valence-electron chi connectivity index (χ2n) is 3.77. The van der Waals surface area contributed by atoms with Crippen LogP contribution in [0, 0.1) is 6.92 Å². The maximum absolute atomic E-state index is 11.6. The molecule has 0 atom stereocenters. The molecule has 0 spiro atoms. The zero-order valence-electron chi connectivity index (χ0n) is 8.40. The van der Waals surface area contributed by atoms with Crippen molar-refractivity contribution >= 4 is 21.5 Å². The van der Waals surface area contributed by atoms with Gasteiger partial charge >= 0.3 is 0 Å². The summed E-state index contributed by atoms with van der Waals surface area (Å²) in [6, 6.07) is 1.63. The van der Waals surface area contributed by atoms with E-state index >= 15 is 0 Å². The van der Waals surface area contributed by atoms with Gasteiger partial charge in [0.25, 0.3) is 0 Å². The van der Waals surface area contributed by atoms with Crippen LogP contribution in [0.4, 0.5) is 11.5 Å². The highest BCUT2D eigenvalue weighted by Gasteiger charge is 2.35. The molecule has 0 saturated heterocycles. The highest BCUT2D eigenvalue weighted by Crippen LogP contribution is 2.29. The first-order chi connectivity index (χ1) is 6.99. The molecule has 0 aliphatic heterocycles. The maximum Gasteiger partial charge on any atom is 0.236 e. The van der Waals surface area contributed by atoms with E-state index in [1.54, 1.807) is 6.07 Å². The number of hydrogen-bond acceptors (Lipinski definition) is 4. The number of nitrogen functional groups attached to an aromatic ring is 1. The van der Waals surface area contributed by atoms with Crippen LogP contribution >= 0.6 is 0 Å². The molecule has 1 aliphatic rings. The molecule has 1 heterocycles. The van der Waals surface area contributed by atoms with E-state index in [2.05, 4.69) is 9.71 Å². The van der Waals surface area contributed by atoms with E-state index < -0.39 is 10.0 Å². The third-order valence-corrected chi connectivity index (χ3v) is 4.20. The molecule has 0 unspecified atom stereocenters. The normalized spacial score (nSPS) is 16.3. The lowest BCUT2D eigenvalue weighted by Gasteiger charge is -2.07. The average molecular weight is 227 g/mol. The van der Waals surface area contributed by atoms with Gasteiger partial charge in [0.15, 0.2) is 0 Å². The summed E-state index contributed by atoms with van der Waals surface area (Å²) < 4.78 is 25.6. The molecule has 0 aromatic carbocycles. The first-order valence-electron chi connectivity index (χ1n) is 4.73. The van der Waals surface area contributed by atoms with Gasteiger partial charge in [0.2, 0.25) is 10.0 Å². The lowest BCUT2D eigenvalue weighted by atomic mass is 10.2. The number of aryl methyl sites for hydroxylation is 1. The SMILES string of the molecule is Cc1cc(NS(=O)(=O)C2CC2)ncc1N. The van der Waals surface area contributed by atoms with E-state index in [0.717, 1.165) is 18.4 Å². The largest absolute Gasteiger partial charge is 0.397 e. The Labute approximate surface area is 88.8 Å². The van der Waals surface area contributed by atoms with Gasteiger partial charge in [-0.05, 0) is 31.4 Å². The Hall–Kier alpha value is -1.30. The fraction of sp³-hybridized carbons (Fsp3) is 0.444. The van der Waals surface area contributed by atoms with Crippen LogP contribution in [-0.2, 0) is 10.0 Å². The number of nitrogens with two attached hydrogens (primary N) is 1. The standard InChI is InChI=1S/C9H13N3O2S/c1-6-4-9(11-5-8(6)10)12-15(13,14)7-2-3-7/h4-5,7H,2-3,10H2,1H3,(H,11,12).